The lowest BCUT2D eigenvalue weighted by Crippen LogP contribution is -2.40. The molecular formula is C23H32N2O4. The molecule has 0 fully saturated rings. The lowest BCUT2D eigenvalue weighted by molar-refractivity contribution is -0.154. The third-order valence-corrected chi connectivity index (χ3v) is 5.27. The molecule has 1 unspecified atom stereocenters. The number of aromatic nitrogens is 2. The molecule has 0 bridgehead atoms. The number of carboxylic acid groups (broad SMARTS) is 1. The molecule has 1 N–H and O–H groups in total. The van der Waals surface area contributed by atoms with Crippen molar-refractivity contribution in [2.45, 2.75) is 72.1 Å². The molecule has 158 valence electrons. The summed E-state index contributed by atoms with van der Waals surface area (Å²) in [6.45, 7) is 8.59. The minimum absolute atomic E-state index is 0.0412. The fourth-order valence-electron chi connectivity index (χ4n) is 3.20. The van der Waals surface area contributed by atoms with Crippen molar-refractivity contribution >= 4 is 5.97 Å². The second-order valence-corrected chi connectivity index (χ2v) is 7.36. The minimum Gasteiger partial charge on any atom is -0.478 e. The van der Waals surface area contributed by atoms with Gasteiger partial charge in [0.2, 0.25) is 5.60 Å². The molecule has 6 nitrogen and oxygen atoms in total. The van der Waals surface area contributed by atoms with Gasteiger partial charge in [0.15, 0.2) is 0 Å². The van der Waals surface area contributed by atoms with E-state index in [-0.39, 0.29) is 5.69 Å². The smallest absolute Gasteiger partial charge is 0.347 e. The molecule has 0 saturated heterocycles. The molecule has 2 rings (SSSR count). The van der Waals surface area contributed by atoms with Crippen molar-refractivity contribution in [2.75, 3.05) is 0 Å². The number of allylic oxidation sites excluding steroid dienone is 2. The Bertz CT molecular complexity index is 893. The second kappa shape index (κ2) is 10.1. The number of rotatable bonds is 11. The number of aliphatic carboxylic acids is 1. The molecule has 0 aliphatic heterocycles. The molecule has 0 aliphatic rings. The summed E-state index contributed by atoms with van der Waals surface area (Å²) in [5.41, 5.74) is 1.04. The Hall–Kier alpha value is -2.76. The highest BCUT2D eigenvalue weighted by molar-refractivity contribution is 5.77. The summed E-state index contributed by atoms with van der Waals surface area (Å²) in [6.07, 6.45) is 8.90. The molecule has 29 heavy (non-hydrogen) atoms. The Kier molecular flexibility index (Phi) is 7.88. The van der Waals surface area contributed by atoms with Crippen LogP contribution in [0, 0.1) is 0 Å². The maximum absolute atomic E-state index is 12.4. The van der Waals surface area contributed by atoms with Crippen molar-refractivity contribution in [1.29, 1.82) is 0 Å². The largest absolute Gasteiger partial charge is 0.478 e. The van der Waals surface area contributed by atoms with E-state index in [1.807, 2.05) is 61.0 Å². The molecule has 0 spiro atoms. The highest BCUT2D eigenvalue weighted by Gasteiger charge is 2.33. The van der Waals surface area contributed by atoms with Crippen LogP contribution in [0.3, 0.4) is 0 Å². The first-order chi connectivity index (χ1) is 13.8. The zero-order chi connectivity index (χ0) is 21.4. The molecule has 6 heteroatoms. The number of imidazole rings is 1. The number of aryl methyl sites for hydroxylation is 2. The molecule has 1 heterocycles. The topological polar surface area (TPSA) is 73.5 Å². The Morgan fingerprint density at radius 2 is 1.90 bits per heavy atom. The van der Waals surface area contributed by atoms with Gasteiger partial charge in [-0.3, -0.25) is 9.13 Å². The number of nitrogens with zero attached hydrogens (tertiary/aromatic N) is 2. The van der Waals surface area contributed by atoms with Crippen LogP contribution in [0.2, 0.25) is 0 Å². The van der Waals surface area contributed by atoms with Gasteiger partial charge in [-0.2, -0.15) is 0 Å². The van der Waals surface area contributed by atoms with Gasteiger partial charge >= 0.3 is 11.7 Å². The highest BCUT2D eigenvalue weighted by Crippen LogP contribution is 2.22. The average molecular weight is 401 g/mol. The summed E-state index contributed by atoms with van der Waals surface area (Å²) in [4.78, 5) is 23.8. The lowest BCUT2D eigenvalue weighted by Gasteiger charge is -2.24. The first-order valence-corrected chi connectivity index (χ1v) is 10.3. The third kappa shape index (κ3) is 5.62. The fourth-order valence-corrected chi connectivity index (χ4v) is 3.20. The molecule has 0 aliphatic carbocycles. The summed E-state index contributed by atoms with van der Waals surface area (Å²) >= 11 is 0. The van der Waals surface area contributed by atoms with E-state index in [4.69, 9.17) is 4.74 Å². The maximum atomic E-state index is 12.4. The standard InChI is InChI=1S/C23H32N2O4/c1-5-8-16-24-17-19(25(7-3)22(24)28)11-9-10-18-12-14-20(15-13-18)29-23(4,6-2)21(26)27/h5,8,12-15,17H,6-7,9-11,16H2,1-4H3,(H,26,27)/b8-5+. The van der Waals surface area contributed by atoms with E-state index >= 15 is 0 Å². The minimum atomic E-state index is -1.22. The zero-order valence-electron chi connectivity index (χ0n) is 17.9. The number of ether oxygens (including phenoxy) is 1. The van der Waals surface area contributed by atoms with Gasteiger partial charge in [-0.1, -0.05) is 31.2 Å². The molecule has 1 aromatic heterocycles. The van der Waals surface area contributed by atoms with E-state index in [1.54, 1.807) is 18.4 Å². The van der Waals surface area contributed by atoms with Gasteiger partial charge in [0.1, 0.15) is 5.75 Å². The van der Waals surface area contributed by atoms with Gasteiger partial charge in [0, 0.05) is 25.0 Å². The quantitative estimate of drug-likeness (QED) is 0.578. The Morgan fingerprint density at radius 1 is 1.21 bits per heavy atom. The summed E-state index contributed by atoms with van der Waals surface area (Å²) in [7, 11) is 0. The van der Waals surface area contributed by atoms with Gasteiger partial charge in [0.25, 0.3) is 0 Å². The average Bonchev–Trinajstić information content (AvgIpc) is 3.01. The first-order valence-electron chi connectivity index (χ1n) is 10.3. The summed E-state index contributed by atoms with van der Waals surface area (Å²) in [5, 5.41) is 9.33. The van der Waals surface area contributed by atoms with Gasteiger partial charge in [-0.25, -0.2) is 9.59 Å². The number of hydrogen-bond acceptors (Lipinski definition) is 3. The van der Waals surface area contributed by atoms with Crippen molar-refractivity contribution in [2.24, 2.45) is 0 Å². The van der Waals surface area contributed by atoms with E-state index in [2.05, 4.69) is 0 Å². The molecule has 1 aromatic carbocycles. The Morgan fingerprint density at radius 3 is 2.45 bits per heavy atom. The number of hydrogen-bond donors (Lipinski definition) is 1. The van der Waals surface area contributed by atoms with Crippen LogP contribution < -0.4 is 10.4 Å². The molecule has 0 radical (unpaired) electrons. The number of carboxylic acids is 1. The van der Waals surface area contributed by atoms with Crippen molar-refractivity contribution in [1.82, 2.24) is 9.13 Å². The zero-order valence-corrected chi connectivity index (χ0v) is 17.9. The summed E-state index contributed by atoms with van der Waals surface area (Å²) < 4.78 is 9.25. The molecule has 2 aromatic rings. The van der Waals surface area contributed by atoms with Crippen LogP contribution in [0.15, 0.2) is 47.4 Å². The van der Waals surface area contributed by atoms with Crippen LogP contribution in [-0.2, 0) is 30.7 Å². The Labute approximate surface area is 172 Å². The van der Waals surface area contributed by atoms with Crippen LogP contribution in [0.25, 0.3) is 0 Å². The second-order valence-electron chi connectivity index (χ2n) is 7.36. The van der Waals surface area contributed by atoms with Crippen LogP contribution in [0.5, 0.6) is 5.75 Å². The monoisotopic (exact) mass is 400 g/mol. The predicted octanol–water partition coefficient (Wildman–Crippen LogP) is 4.05. The van der Waals surface area contributed by atoms with Crippen molar-refractivity contribution < 1.29 is 14.6 Å². The van der Waals surface area contributed by atoms with E-state index < -0.39 is 11.6 Å². The van der Waals surface area contributed by atoms with Crippen molar-refractivity contribution in [3.63, 3.8) is 0 Å². The van der Waals surface area contributed by atoms with Crippen LogP contribution in [0.1, 0.15) is 51.8 Å². The molecule has 0 amide bonds. The third-order valence-electron chi connectivity index (χ3n) is 5.27. The molecular weight excluding hydrogens is 368 g/mol. The van der Waals surface area contributed by atoms with Gasteiger partial charge in [-0.15, -0.1) is 0 Å². The van der Waals surface area contributed by atoms with Crippen LogP contribution in [-0.4, -0.2) is 25.8 Å². The molecule has 1 atom stereocenters. The lowest BCUT2D eigenvalue weighted by atomic mass is 10.0. The van der Waals surface area contributed by atoms with Crippen LogP contribution >= 0.6 is 0 Å². The number of benzene rings is 1. The van der Waals surface area contributed by atoms with Gasteiger partial charge < -0.3 is 9.84 Å². The van der Waals surface area contributed by atoms with Crippen LogP contribution in [0.4, 0.5) is 0 Å². The first kappa shape index (κ1) is 22.5. The number of carbonyl (C=O) groups is 1. The predicted molar refractivity (Wildman–Crippen MR) is 115 cm³/mol. The van der Waals surface area contributed by atoms with Crippen molar-refractivity contribution in [3.8, 4) is 5.75 Å². The maximum Gasteiger partial charge on any atom is 0.347 e. The normalized spacial score (nSPS) is 13.5. The van der Waals surface area contributed by atoms with E-state index in [0.717, 1.165) is 30.5 Å². The summed E-state index contributed by atoms with van der Waals surface area (Å²) in [5.74, 6) is -0.409. The van der Waals surface area contributed by atoms with E-state index in [9.17, 15) is 14.7 Å². The Balaban J connectivity index is 1.98. The van der Waals surface area contributed by atoms with Gasteiger partial charge in [0.05, 0.1) is 0 Å². The van der Waals surface area contributed by atoms with Gasteiger partial charge in [-0.05, 0) is 64.2 Å². The molecule has 0 saturated carbocycles. The van der Waals surface area contributed by atoms with E-state index in [1.165, 1.54) is 0 Å². The highest BCUT2D eigenvalue weighted by atomic mass is 16.5. The SMILES string of the molecule is C/C=C/Cn1cc(CCCc2ccc(OC(C)(CC)C(=O)O)cc2)n(CC)c1=O. The summed E-state index contributed by atoms with van der Waals surface area (Å²) in [6, 6.07) is 7.58. The van der Waals surface area contributed by atoms with Crippen molar-refractivity contribution in [3.05, 3.63) is 64.4 Å². The van der Waals surface area contributed by atoms with E-state index in [0.29, 0.717) is 25.3 Å². The fraction of sp³-hybridized carbons (Fsp3) is 0.478.